The molecule has 0 bridgehead atoms. The molecular weight excluding hydrogens is 396 g/mol. The zero-order chi connectivity index (χ0) is 19.7. The van der Waals surface area contributed by atoms with Crippen molar-refractivity contribution >= 4 is 38.8 Å². The number of benzene rings is 1. The molecule has 1 N–H and O–H groups in total. The number of anilines is 1. The van der Waals surface area contributed by atoms with Gasteiger partial charge in [-0.15, -0.1) is 11.3 Å². The largest absolute Gasteiger partial charge is 0.495 e. The van der Waals surface area contributed by atoms with Gasteiger partial charge in [0.05, 0.1) is 30.1 Å². The third kappa shape index (κ3) is 3.34. The molecule has 0 saturated heterocycles. The van der Waals surface area contributed by atoms with E-state index in [-0.39, 0.29) is 12.1 Å². The van der Waals surface area contributed by atoms with Crippen LogP contribution in [0.15, 0.2) is 23.0 Å². The molecule has 28 heavy (non-hydrogen) atoms. The Morgan fingerprint density at radius 2 is 2.21 bits per heavy atom. The summed E-state index contributed by atoms with van der Waals surface area (Å²) in [7, 11) is 1.56. The van der Waals surface area contributed by atoms with Crippen LogP contribution in [0.4, 0.5) is 5.69 Å². The molecule has 0 radical (unpaired) electrons. The van der Waals surface area contributed by atoms with E-state index in [0.29, 0.717) is 28.5 Å². The van der Waals surface area contributed by atoms with Gasteiger partial charge in [-0.3, -0.25) is 9.36 Å². The average molecular weight is 415 g/mol. The number of nitrogens with zero attached hydrogens (tertiary/aromatic N) is 3. The van der Waals surface area contributed by atoms with Gasteiger partial charge >= 0.3 is 0 Å². The van der Waals surface area contributed by atoms with Gasteiger partial charge in [-0.1, -0.05) is 11.6 Å². The summed E-state index contributed by atoms with van der Waals surface area (Å²) >= 11 is 7.79. The number of fused-ring (bicyclic) bond motifs is 3. The van der Waals surface area contributed by atoms with Crippen molar-refractivity contribution in [2.75, 3.05) is 12.4 Å². The van der Waals surface area contributed by atoms with Crippen molar-refractivity contribution in [3.05, 3.63) is 49.8 Å². The molecule has 4 rings (SSSR count). The van der Waals surface area contributed by atoms with E-state index in [2.05, 4.69) is 11.4 Å². The van der Waals surface area contributed by atoms with Gasteiger partial charge in [0.15, 0.2) is 0 Å². The number of hydrogen-bond acceptors (Lipinski definition) is 6. The number of thiophene rings is 1. The fraction of sp³-hybridized carbons (Fsp3) is 0.350. The summed E-state index contributed by atoms with van der Waals surface area (Å²) in [5.74, 6) is 1.14. The number of hydrogen-bond donors (Lipinski definition) is 1. The molecule has 2 aromatic heterocycles. The summed E-state index contributed by atoms with van der Waals surface area (Å²) in [5.41, 5.74) is 1.81. The van der Waals surface area contributed by atoms with Crippen molar-refractivity contribution in [2.45, 2.75) is 38.8 Å². The number of nitrogens with one attached hydrogen (secondary N) is 1. The summed E-state index contributed by atoms with van der Waals surface area (Å²) in [6, 6.07) is 7.47. The lowest BCUT2D eigenvalue weighted by Gasteiger charge is -2.13. The number of methoxy groups -OCH3 is 1. The smallest absolute Gasteiger partial charge is 0.263 e. The Morgan fingerprint density at radius 3 is 2.96 bits per heavy atom. The fourth-order valence-electron chi connectivity index (χ4n) is 3.61. The van der Waals surface area contributed by atoms with Gasteiger partial charge in [-0.05, 0) is 49.4 Å². The lowest BCUT2D eigenvalue weighted by molar-refractivity contribution is 0.415. The first kappa shape index (κ1) is 18.8. The van der Waals surface area contributed by atoms with Gasteiger partial charge < -0.3 is 10.1 Å². The van der Waals surface area contributed by atoms with Gasteiger partial charge in [-0.2, -0.15) is 5.26 Å². The molecule has 0 saturated carbocycles. The third-order valence-electron chi connectivity index (χ3n) is 4.99. The summed E-state index contributed by atoms with van der Waals surface area (Å²) in [6.45, 7) is 0.296. The van der Waals surface area contributed by atoms with Crippen LogP contribution in [0.1, 0.15) is 29.1 Å². The predicted molar refractivity (Wildman–Crippen MR) is 111 cm³/mol. The summed E-state index contributed by atoms with van der Waals surface area (Å²) in [4.78, 5) is 19.9. The van der Waals surface area contributed by atoms with E-state index in [9.17, 15) is 10.1 Å². The molecule has 8 heteroatoms. The van der Waals surface area contributed by atoms with Gasteiger partial charge in [0.1, 0.15) is 22.9 Å². The van der Waals surface area contributed by atoms with E-state index in [1.165, 1.54) is 9.44 Å². The Labute approximate surface area is 171 Å². The zero-order valence-electron chi connectivity index (χ0n) is 15.4. The first-order valence-corrected chi connectivity index (χ1v) is 10.3. The van der Waals surface area contributed by atoms with Crippen molar-refractivity contribution in [1.29, 1.82) is 5.26 Å². The van der Waals surface area contributed by atoms with Crippen molar-refractivity contribution in [2.24, 2.45) is 0 Å². The Balaban J connectivity index is 1.72. The Morgan fingerprint density at radius 1 is 1.39 bits per heavy atom. The molecule has 1 aliphatic rings. The summed E-state index contributed by atoms with van der Waals surface area (Å²) in [5, 5.41) is 13.7. The van der Waals surface area contributed by atoms with Crippen LogP contribution in [0.25, 0.3) is 10.2 Å². The second kappa shape index (κ2) is 7.82. The van der Waals surface area contributed by atoms with Gasteiger partial charge in [0.25, 0.3) is 5.56 Å². The topological polar surface area (TPSA) is 79.9 Å². The predicted octanol–water partition coefficient (Wildman–Crippen LogP) is 4.13. The van der Waals surface area contributed by atoms with Crippen LogP contribution in [0, 0.1) is 11.3 Å². The molecule has 1 aliphatic carbocycles. The molecule has 0 amide bonds. The molecule has 0 spiro atoms. The highest BCUT2D eigenvalue weighted by atomic mass is 35.5. The maximum Gasteiger partial charge on any atom is 0.263 e. The Bertz CT molecular complexity index is 1150. The van der Waals surface area contributed by atoms with Gasteiger partial charge in [-0.25, -0.2) is 4.98 Å². The Hall–Kier alpha value is -2.56. The summed E-state index contributed by atoms with van der Waals surface area (Å²) in [6.07, 6.45) is 4.17. The maximum absolute atomic E-state index is 13.1. The second-order valence-electron chi connectivity index (χ2n) is 6.67. The number of rotatable bonds is 5. The van der Waals surface area contributed by atoms with Crippen LogP contribution in [0.2, 0.25) is 5.02 Å². The molecule has 0 atom stereocenters. The quantitative estimate of drug-likeness (QED) is 0.678. The number of halogens is 1. The van der Waals surface area contributed by atoms with Crippen molar-refractivity contribution in [3.8, 4) is 11.8 Å². The molecule has 2 heterocycles. The van der Waals surface area contributed by atoms with E-state index < -0.39 is 0 Å². The molecule has 0 unspecified atom stereocenters. The minimum atomic E-state index is -0.115. The number of ether oxygens (including phenoxy) is 1. The monoisotopic (exact) mass is 414 g/mol. The molecule has 0 fully saturated rings. The minimum Gasteiger partial charge on any atom is -0.495 e. The molecule has 6 nitrogen and oxygen atoms in total. The van der Waals surface area contributed by atoms with Crippen LogP contribution >= 0.6 is 22.9 Å². The third-order valence-corrected chi connectivity index (χ3v) is 6.47. The maximum atomic E-state index is 13.1. The molecule has 3 aromatic rings. The van der Waals surface area contributed by atoms with Crippen LogP contribution in [0.3, 0.4) is 0 Å². The number of nitriles is 1. The first-order chi connectivity index (χ1) is 13.6. The molecule has 1 aromatic carbocycles. The van der Waals surface area contributed by atoms with E-state index in [4.69, 9.17) is 21.3 Å². The number of aryl methyl sites for hydroxylation is 2. The van der Waals surface area contributed by atoms with E-state index in [1.807, 2.05) is 6.07 Å². The van der Waals surface area contributed by atoms with Crippen molar-refractivity contribution in [3.63, 3.8) is 0 Å². The standard InChI is InChI=1S/C20H19ClN4O2S/c1-27-15-7-6-12(10-14(15)21)23-11-17-24-19-18(20(26)25(17)9-8-22)13-4-2-3-5-16(13)28-19/h6-7,10,23H,2-5,9,11H2,1H3. The van der Waals surface area contributed by atoms with E-state index in [0.717, 1.165) is 41.8 Å². The van der Waals surface area contributed by atoms with Crippen LogP contribution < -0.4 is 15.6 Å². The first-order valence-electron chi connectivity index (χ1n) is 9.10. The van der Waals surface area contributed by atoms with Crippen LogP contribution in [0.5, 0.6) is 5.75 Å². The highest BCUT2D eigenvalue weighted by Crippen LogP contribution is 2.34. The van der Waals surface area contributed by atoms with Crippen LogP contribution in [-0.4, -0.2) is 16.7 Å². The average Bonchev–Trinajstić information content (AvgIpc) is 3.07. The van der Waals surface area contributed by atoms with Crippen molar-refractivity contribution in [1.82, 2.24) is 9.55 Å². The second-order valence-corrected chi connectivity index (χ2v) is 8.16. The summed E-state index contributed by atoms with van der Waals surface area (Å²) < 4.78 is 6.64. The Kier molecular flexibility index (Phi) is 5.25. The molecular formula is C20H19ClN4O2S. The molecule has 144 valence electrons. The van der Waals surface area contributed by atoms with Crippen molar-refractivity contribution < 1.29 is 4.74 Å². The van der Waals surface area contributed by atoms with Gasteiger partial charge in [0, 0.05) is 10.6 Å². The highest BCUT2D eigenvalue weighted by Gasteiger charge is 2.22. The van der Waals surface area contributed by atoms with Crippen LogP contribution in [-0.2, 0) is 25.9 Å². The minimum absolute atomic E-state index is 0.0211. The van der Waals surface area contributed by atoms with Gasteiger partial charge in [0.2, 0.25) is 0 Å². The zero-order valence-corrected chi connectivity index (χ0v) is 17.0. The lowest BCUT2D eigenvalue weighted by Crippen LogP contribution is -2.26. The number of aromatic nitrogens is 2. The highest BCUT2D eigenvalue weighted by molar-refractivity contribution is 7.18. The van der Waals surface area contributed by atoms with E-state index >= 15 is 0 Å². The normalized spacial score (nSPS) is 13.2. The SMILES string of the molecule is COc1ccc(NCc2nc3sc4c(c3c(=O)n2CC#N)CCCC4)cc1Cl. The fourth-order valence-corrected chi connectivity index (χ4v) is 5.14. The molecule has 0 aliphatic heterocycles. The van der Waals surface area contributed by atoms with E-state index in [1.54, 1.807) is 30.6 Å². The lowest BCUT2D eigenvalue weighted by atomic mass is 9.97.